The van der Waals surface area contributed by atoms with Crippen LogP contribution in [0.3, 0.4) is 0 Å². The van der Waals surface area contributed by atoms with Crippen molar-refractivity contribution in [3.05, 3.63) is 36.0 Å². The molecule has 4 rings (SSSR count). The van der Waals surface area contributed by atoms with E-state index in [4.69, 9.17) is 0 Å². The second-order valence-corrected chi connectivity index (χ2v) is 7.69. The van der Waals surface area contributed by atoms with Crippen molar-refractivity contribution in [2.75, 3.05) is 0 Å². The third-order valence-corrected chi connectivity index (χ3v) is 6.12. The zero-order valence-corrected chi connectivity index (χ0v) is 17.2. The zero-order valence-electron chi connectivity index (χ0n) is 14.7. The van der Waals surface area contributed by atoms with E-state index >= 15 is 0 Å². The van der Waals surface area contributed by atoms with Crippen LogP contribution in [-0.4, -0.2) is 38.9 Å². The number of hydrogen-bond acceptors (Lipinski definition) is 8. The monoisotopic (exact) mass is 420 g/mol. The summed E-state index contributed by atoms with van der Waals surface area (Å²) < 4.78 is 22.8. The molecule has 3 aromatic heterocycles. The summed E-state index contributed by atoms with van der Waals surface area (Å²) in [5.41, 5.74) is 1.50. The van der Waals surface area contributed by atoms with Gasteiger partial charge in [0, 0.05) is 23.6 Å². The fraction of sp³-hybridized carbons (Fsp3) is 0.188. The Kier molecular flexibility index (Phi) is 6.26. The summed E-state index contributed by atoms with van der Waals surface area (Å²) in [5, 5.41) is 15.4. The summed E-state index contributed by atoms with van der Waals surface area (Å²) in [5.74, 6) is 0. The van der Waals surface area contributed by atoms with Gasteiger partial charge in [0.1, 0.15) is 16.2 Å². The van der Waals surface area contributed by atoms with Crippen molar-refractivity contribution >= 4 is 44.4 Å². The molecule has 0 aliphatic carbocycles. The molecular weight excluding hydrogens is 404 g/mol. The van der Waals surface area contributed by atoms with Crippen LogP contribution in [0, 0.1) is 0 Å². The molecule has 0 bridgehead atoms. The van der Waals surface area contributed by atoms with E-state index < -0.39 is 11.1 Å². The number of rotatable bonds is 4. The van der Waals surface area contributed by atoms with Crippen LogP contribution in [0.25, 0.3) is 21.3 Å². The quantitative estimate of drug-likeness (QED) is 0.394. The fourth-order valence-corrected chi connectivity index (χ4v) is 4.72. The number of hydrogen-bond donors (Lipinski definition) is 1. The highest BCUT2D eigenvalue weighted by Gasteiger charge is 2.19. The van der Waals surface area contributed by atoms with Gasteiger partial charge in [0.05, 0.1) is 10.3 Å². The summed E-state index contributed by atoms with van der Waals surface area (Å²) in [7, 11) is 1.75. The van der Waals surface area contributed by atoms with Gasteiger partial charge in [0.25, 0.3) is 0 Å². The van der Waals surface area contributed by atoms with E-state index in [1.807, 2.05) is 31.4 Å². The first-order valence-corrected chi connectivity index (χ1v) is 10.8. The summed E-state index contributed by atoms with van der Waals surface area (Å²) in [6, 6.07) is 7.02. The van der Waals surface area contributed by atoms with Gasteiger partial charge < -0.3 is 4.55 Å². The lowest BCUT2D eigenvalue weighted by molar-refractivity contribution is 0.564. The number of nitrogens with zero attached hydrogens (tertiary/aromatic N) is 6. The molecule has 0 fully saturated rings. The Hall–Kier alpha value is -2.21. The molecule has 8 nitrogen and oxygen atoms in total. The van der Waals surface area contributed by atoms with Crippen molar-refractivity contribution in [1.82, 2.24) is 30.2 Å². The lowest BCUT2D eigenvalue weighted by Gasteiger charge is -2.07. The van der Waals surface area contributed by atoms with Gasteiger partial charge in [-0.05, 0) is 28.3 Å². The molecular formula is C16H16N6O2S3. The Balaban J connectivity index is 0.00000102. The fourth-order valence-electron chi connectivity index (χ4n) is 2.36. The summed E-state index contributed by atoms with van der Waals surface area (Å²) >= 11 is 0.690. The molecule has 0 radical (unpaired) electrons. The van der Waals surface area contributed by atoms with E-state index in [-0.39, 0.29) is 0 Å². The smallest absolute Gasteiger partial charge is 0.215 e. The first-order valence-electron chi connectivity index (χ1n) is 7.98. The second-order valence-electron chi connectivity index (χ2n) is 4.94. The molecule has 140 valence electrons. The highest BCUT2D eigenvalue weighted by atomic mass is 32.2. The Labute approximate surface area is 166 Å². The molecule has 1 atom stereocenters. The standard InChI is InChI=1S/C14H10N6O2S3.C2H6/c1-20-14(17-18-19-20)24-13-11-9(6-23-12(11)15-7-16-13)8-4-2-3-5-10(8)25(21)22;1-2/h2-7H,1H3,(H,21,22);1-2H3. The average Bonchev–Trinajstić information content (AvgIpc) is 3.30. The third-order valence-electron chi connectivity index (χ3n) is 3.47. The molecule has 11 heteroatoms. The normalized spacial score (nSPS) is 11.9. The number of aromatic nitrogens is 6. The van der Waals surface area contributed by atoms with Crippen molar-refractivity contribution in [3.8, 4) is 11.1 Å². The van der Waals surface area contributed by atoms with Gasteiger partial charge in [0.2, 0.25) is 5.16 Å². The van der Waals surface area contributed by atoms with Gasteiger partial charge in [0.15, 0.2) is 11.1 Å². The lowest BCUT2D eigenvalue weighted by atomic mass is 10.1. The molecule has 0 aliphatic rings. The number of benzene rings is 1. The van der Waals surface area contributed by atoms with Gasteiger partial charge in [-0.25, -0.2) is 18.9 Å². The van der Waals surface area contributed by atoms with Gasteiger partial charge in [-0.15, -0.1) is 16.4 Å². The number of tetrazole rings is 1. The zero-order chi connectivity index (χ0) is 19.4. The van der Waals surface area contributed by atoms with Gasteiger partial charge >= 0.3 is 0 Å². The van der Waals surface area contributed by atoms with Crippen LogP contribution in [0.5, 0.6) is 0 Å². The van der Waals surface area contributed by atoms with Crippen molar-refractivity contribution in [1.29, 1.82) is 0 Å². The topological polar surface area (TPSA) is 107 Å². The molecule has 4 aromatic rings. The van der Waals surface area contributed by atoms with Crippen LogP contribution in [0.4, 0.5) is 0 Å². The van der Waals surface area contributed by atoms with Gasteiger partial charge in [-0.2, -0.15) is 0 Å². The maximum absolute atomic E-state index is 11.7. The van der Waals surface area contributed by atoms with Crippen LogP contribution in [0.1, 0.15) is 13.8 Å². The SMILES string of the molecule is CC.Cn1nnnc1Sc1ncnc2scc(-c3ccccc3S(=O)O)c12. The first kappa shape index (κ1) is 19.5. The molecule has 1 aromatic carbocycles. The Morgan fingerprint density at radius 3 is 2.67 bits per heavy atom. The minimum absolute atomic E-state index is 0.349. The van der Waals surface area contributed by atoms with E-state index in [2.05, 4.69) is 25.5 Å². The first-order chi connectivity index (χ1) is 13.1. The Morgan fingerprint density at radius 1 is 1.19 bits per heavy atom. The van der Waals surface area contributed by atoms with E-state index in [1.54, 1.807) is 23.9 Å². The molecule has 0 saturated carbocycles. The number of fused-ring (bicyclic) bond motifs is 1. The van der Waals surface area contributed by atoms with Gasteiger partial charge in [-0.1, -0.05) is 32.0 Å². The molecule has 0 aliphatic heterocycles. The third kappa shape index (κ3) is 3.90. The van der Waals surface area contributed by atoms with Crippen molar-refractivity contribution in [3.63, 3.8) is 0 Å². The molecule has 1 unspecified atom stereocenters. The van der Waals surface area contributed by atoms with E-state index in [0.717, 1.165) is 15.8 Å². The molecule has 27 heavy (non-hydrogen) atoms. The highest BCUT2D eigenvalue weighted by molar-refractivity contribution is 7.99. The molecule has 0 amide bonds. The van der Waals surface area contributed by atoms with Crippen molar-refractivity contribution < 1.29 is 8.76 Å². The predicted molar refractivity (Wildman–Crippen MR) is 106 cm³/mol. The van der Waals surface area contributed by atoms with Crippen molar-refractivity contribution in [2.45, 2.75) is 28.9 Å². The lowest BCUT2D eigenvalue weighted by Crippen LogP contribution is -1.95. The van der Waals surface area contributed by atoms with Crippen molar-refractivity contribution in [2.24, 2.45) is 7.05 Å². The number of aryl methyl sites for hydroxylation is 1. The molecule has 0 saturated heterocycles. The minimum Gasteiger partial charge on any atom is -0.302 e. The van der Waals surface area contributed by atoms with Crippen LogP contribution in [0.2, 0.25) is 0 Å². The maximum Gasteiger partial charge on any atom is 0.215 e. The Morgan fingerprint density at radius 2 is 1.96 bits per heavy atom. The minimum atomic E-state index is -2.09. The second kappa shape index (κ2) is 8.65. The largest absolute Gasteiger partial charge is 0.302 e. The molecule has 3 heterocycles. The van der Waals surface area contributed by atoms with Gasteiger partial charge in [-0.3, -0.25) is 0 Å². The summed E-state index contributed by atoms with van der Waals surface area (Å²) in [4.78, 5) is 9.82. The van der Waals surface area contributed by atoms with Crippen LogP contribution in [-0.2, 0) is 18.1 Å². The molecule has 1 N–H and O–H groups in total. The highest BCUT2D eigenvalue weighted by Crippen LogP contribution is 2.40. The van der Waals surface area contributed by atoms with Crippen LogP contribution >= 0.6 is 23.1 Å². The van der Waals surface area contributed by atoms with E-state index in [0.29, 0.717) is 20.6 Å². The average molecular weight is 421 g/mol. The predicted octanol–water partition coefficient (Wildman–Crippen LogP) is 3.64. The molecule has 0 spiro atoms. The van der Waals surface area contributed by atoms with E-state index in [1.165, 1.54) is 29.4 Å². The van der Waals surface area contributed by atoms with E-state index in [9.17, 15) is 8.76 Å². The maximum atomic E-state index is 11.7. The number of thiophene rings is 1. The summed E-state index contributed by atoms with van der Waals surface area (Å²) in [6.45, 7) is 4.00. The van der Waals surface area contributed by atoms with Crippen LogP contribution in [0.15, 0.2) is 51.1 Å². The summed E-state index contributed by atoms with van der Waals surface area (Å²) in [6.07, 6.45) is 1.49. The Bertz CT molecular complexity index is 1090. The van der Waals surface area contributed by atoms with Crippen LogP contribution < -0.4 is 0 Å².